The Balaban J connectivity index is 1.76. The molecule has 3 nitrogen and oxygen atoms in total. The van der Waals surface area contributed by atoms with Crippen LogP contribution in [0, 0.1) is 10.8 Å². The zero-order chi connectivity index (χ0) is 17.1. The van der Waals surface area contributed by atoms with Gasteiger partial charge in [0.15, 0.2) is 0 Å². The maximum Gasteiger partial charge on any atom is 0.107 e. The standard InChI is InChI=1S/C20H38O3/c1-19(2,3)11-7-9-15(17-13-21-17)23-16(18-14-22-18)10-8-12-20(4,5)6/h15-18H,7-14H2,1-6H3. The molecule has 0 spiro atoms. The van der Waals surface area contributed by atoms with Crippen LogP contribution < -0.4 is 0 Å². The first-order chi connectivity index (χ1) is 10.6. The van der Waals surface area contributed by atoms with Gasteiger partial charge in [0.1, 0.15) is 12.2 Å². The molecule has 0 N–H and O–H groups in total. The summed E-state index contributed by atoms with van der Waals surface area (Å²) in [5, 5.41) is 0. The van der Waals surface area contributed by atoms with E-state index in [-0.39, 0.29) is 12.2 Å². The molecule has 2 aliphatic rings. The van der Waals surface area contributed by atoms with Crippen LogP contribution in [-0.4, -0.2) is 37.6 Å². The van der Waals surface area contributed by atoms with Gasteiger partial charge in [0.2, 0.25) is 0 Å². The summed E-state index contributed by atoms with van der Waals surface area (Å²) in [5.41, 5.74) is 0.807. The Hall–Kier alpha value is -0.120. The van der Waals surface area contributed by atoms with Crippen molar-refractivity contribution >= 4 is 0 Å². The van der Waals surface area contributed by atoms with E-state index in [1.54, 1.807) is 0 Å². The van der Waals surface area contributed by atoms with Gasteiger partial charge >= 0.3 is 0 Å². The van der Waals surface area contributed by atoms with E-state index in [2.05, 4.69) is 41.5 Å². The van der Waals surface area contributed by atoms with Gasteiger partial charge in [0.05, 0.1) is 25.4 Å². The van der Waals surface area contributed by atoms with Crippen molar-refractivity contribution in [2.75, 3.05) is 13.2 Å². The Labute approximate surface area is 143 Å². The molecule has 23 heavy (non-hydrogen) atoms. The SMILES string of the molecule is CC(C)(C)CCCC(OC(CCCC(C)(C)C)C1CO1)C1CO1. The molecule has 0 amide bonds. The quantitative estimate of drug-likeness (QED) is 0.532. The summed E-state index contributed by atoms with van der Waals surface area (Å²) >= 11 is 0. The maximum absolute atomic E-state index is 6.48. The van der Waals surface area contributed by atoms with Crippen LogP contribution in [0.2, 0.25) is 0 Å². The van der Waals surface area contributed by atoms with E-state index in [4.69, 9.17) is 14.2 Å². The molecule has 2 aliphatic heterocycles. The fourth-order valence-corrected chi connectivity index (χ4v) is 3.12. The van der Waals surface area contributed by atoms with Crippen LogP contribution in [0.25, 0.3) is 0 Å². The summed E-state index contributed by atoms with van der Waals surface area (Å²) in [5.74, 6) is 0. The number of epoxide rings is 2. The average molecular weight is 327 g/mol. The number of hydrogen-bond donors (Lipinski definition) is 0. The van der Waals surface area contributed by atoms with Crippen molar-refractivity contribution < 1.29 is 14.2 Å². The van der Waals surface area contributed by atoms with Crippen molar-refractivity contribution in [3.05, 3.63) is 0 Å². The second-order valence-electron chi connectivity index (χ2n) is 9.86. The second kappa shape index (κ2) is 7.84. The molecule has 0 aromatic rings. The molecule has 4 atom stereocenters. The molecule has 0 saturated carbocycles. The van der Waals surface area contributed by atoms with Gasteiger partial charge in [0.25, 0.3) is 0 Å². The molecule has 2 fully saturated rings. The van der Waals surface area contributed by atoms with E-state index in [1.165, 1.54) is 25.7 Å². The molecule has 2 saturated heterocycles. The van der Waals surface area contributed by atoms with Gasteiger partial charge in [-0.3, -0.25) is 0 Å². The summed E-state index contributed by atoms with van der Waals surface area (Å²) in [4.78, 5) is 0. The summed E-state index contributed by atoms with van der Waals surface area (Å²) in [6.45, 7) is 15.6. The van der Waals surface area contributed by atoms with Crippen LogP contribution in [0.1, 0.15) is 80.1 Å². The van der Waals surface area contributed by atoms with E-state index >= 15 is 0 Å². The lowest BCUT2D eigenvalue weighted by molar-refractivity contribution is -0.0481. The third-order valence-corrected chi connectivity index (χ3v) is 4.73. The fourth-order valence-electron chi connectivity index (χ4n) is 3.12. The molecule has 2 heterocycles. The minimum Gasteiger partial charge on any atom is -0.370 e. The second-order valence-corrected chi connectivity index (χ2v) is 9.86. The van der Waals surface area contributed by atoms with Gasteiger partial charge < -0.3 is 14.2 Å². The first-order valence-electron chi connectivity index (χ1n) is 9.53. The summed E-state index contributed by atoms with van der Waals surface area (Å²) < 4.78 is 17.6. The molecule has 0 radical (unpaired) electrons. The van der Waals surface area contributed by atoms with Crippen molar-refractivity contribution in [1.82, 2.24) is 0 Å². The Kier molecular flexibility index (Phi) is 6.55. The number of ether oxygens (including phenoxy) is 3. The highest BCUT2D eigenvalue weighted by molar-refractivity contribution is 4.86. The molecule has 2 rings (SSSR count). The summed E-state index contributed by atoms with van der Waals surface area (Å²) in [7, 11) is 0. The number of hydrogen-bond acceptors (Lipinski definition) is 3. The van der Waals surface area contributed by atoms with Gasteiger partial charge in [-0.15, -0.1) is 0 Å². The van der Waals surface area contributed by atoms with Crippen LogP contribution in [0.5, 0.6) is 0 Å². The van der Waals surface area contributed by atoms with Gasteiger partial charge in [-0.05, 0) is 36.5 Å². The molecular formula is C20H38O3. The van der Waals surface area contributed by atoms with Crippen molar-refractivity contribution in [3.8, 4) is 0 Å². The van der Waals surface area contributed by atoms with E-state index < -0.39 is 0 Å². The van der Waals surface area contributed by atoms with Crippen LogP contribution in [-0.2, 0) is 14.2 Å². The zero-order valence-electron chi connectivity index (χ0n) is 16.2. The van der Waals surface area contributed by atoms with Gasteiger partial charge in [-0.1, -0.05) is 54.4 Å². The van der Waals surface area contributed by atoms with E-state index in [0.717, 1.165) is 26.1 Å². The third-order valence-electron chi connectivity index (χ3n) is 4.73. The lowest BCUT2D eigenvalue weighted by Crippen LogP contribution is -2.31. The smallest absolute Gasteiger partial charge is 0.107 e. The monoisotopic (exact) mass is 326 g/mol. The highest BCUT2D eigenvalue weighted by Crippen LogP contribution is 2.32. The average Bonchev–Trinajstić information content (AvgIpc) is 3.25. The molecule has 0 aliphatic carbocycles. The molecule has 3 heteroatoms. The lowest BCUT2D eigenvalue weighted by atomic mass is 9.88. The lowest BCUT2D eigenvalue weighted by Gasteiger charge is -2.26. The molecule has 0 aromatic heterocycles. The van der Waals surface area contributed by atoms with E-state index in [0.29, 0.717) is 23.0 Å². The Morgan fingerprint density at radius 1 is 0.783 bits per heavy atom. The minimum absolute atomic E-state index is 0.265. The topological polar surface area (TPSA) is 34.3 Å². The fraction of sp³-hybridized carbons (Fsp3) is 1.00. The zero-order valence-corrected chi connectivity index (χ0v) is 16.2. The predicted molar refractivity (Wildman–Crippen MR) is 94.8 cm³/mol. The molecule has 136 valence electrons. The van der Waals surface area contributed by atoms with Crippen molar-refractivity contribution in [2.24, 2.45) is 10.8 Å². The molecule has 0 bridgehead atoms. The minimum atomic E-state index is 0.265. The Bertz CT molecular complexity index is 311. The van der Waals surface area contributed by atoms with Crippen LogP contribution in [0.3, 0.4) is 0 Å². The molecular weight excluding hydrogens is 288 g/mol. The third kappa shape index (κ3) is 8.51. The van der Waals surface area contributed by atoms with Crippen molar-refractivity contribution in [3.63, 3.8) is 0 Å². The van der Waals surface area contributed by atoms with Crippen LogP contribution >= 0.6 is 0 Å². The highest BCUT2D eigenvalue weighted by Gasteiger charge is 2.40. The Morgan fingerprint density at radius 2 is 1.13 bits per heavy atom. The Morgan fingerprint density at radius 3 is 1.39 bits per heavy atom. The highest BCUT2D eigenvalue weighted by atomic mass is 16.6. The largest absolute Gasteiger partial charge is 0.370 e. The number of rotatable bonds is 10. The normalized spacial score (nSPS) is 26.9. The summed E-state index contributed by atoms with van der Waals surface area (Å²) in [6.07, 6.45) is 8.35. The summed E-state index contributed by atoms with van der Waals surface area (Å²) in [6, 6.07) is 0. The first-order valence-corrected chi connectivity index (χ1v) is 9.53. The molecule has 4 unspecified atom stereocenters. The van der Waals surface area contributed by atoms with Crippen molar-refractivity contribution in [2.45, 2.75) is 104 Å². The van der Waals surface area contributed by atoms with Crippen LogP contribution in [0.4, 0.5) is 0 Å². The van der Waals surface area contributed by atoms with E-state index in [1.807, 2.05) is 0 Å². The maximum atomic E-state index is 6.48. The van der Waals surface area contributed by atoms with E-state index in [9.17, 15) is 0 Å². The predicted octanol–water partition coefficient (Wildman–Crippen LogP) is 4.97. The first kappa shape index (κ1) is 19.2. The van der Waals surface area contributed by atoms with Gasteiger partial charge in [-0.2, -0.15) is 0 Å². The van der Waals surface area contributed by atoms with Crippen LogP contribution in [0.15, 0.2) is 0 Å². The van der Waals surface area contributed by atoms with Crippen molar-refractivity contribution in [1.29, 1.82) is 0 Å². The molecule has 0 aromatic carbocycles. The van der Waals surface area contributed by atoms with Gasteiger partial charge in [-0.25, -0.2) is 0 Å². The van der Waals surface area contributed by atoms with Gasteiger partial charge in [0, 0.05) is 0 Å².